The Bertz CT molecular complexity index is 588. The summed E-state index contributed by atoms with van der Waals surface area (Å²) in [4.78, 5) is 0. The van der Waals surface area contributed by atoms with Gasteiger partial charge >= 0.3 is 0 Å². The summed E-state index contributed by atoms with van der Waals surface area (Å²) in [6, 6.07) is 18.3. The van der Waals surface area contributed by atoms with E-state index in [0.29, 0.717) is 12.0 Å². The third kappa shape index (κ3) is 2.51. The van der Waals surface area contributed by atoms with Crippen molar-refractivity contribution in [2.24, 2.45) is 0 Å². The third-order valence-electron chi connectivity index (χ3n) is 4.31. The SMILES string of the molecule is CCCNC(c1cccc(C)c1)C1Cc2ccccc21. The summed E-state index contributed by atoms with van der Waals surface area (Å²) in [7, 11) is 0. The van der Waals surface area contributed by atoms with Gasteiger partial charge in [-0.3, -0.25) is 0 Å². The molecule has 1 aliphatic carbocycles. The van der Waals surface area contributed by atoms with E-state index in [9.17, 15) is 0 Å². The van der Waals surface area contributed by atoms with E-state index >= 15 is 0 Å². The molecule has 1 nitrogen and oxygen atoms in total. The van der Waals surface area contributed by atoms with Crippen LogP contribution in [0.5, 0.6) is 0 Å². The molecular weight excluding hydrogens is 242 g/mol. The Hall–Kier alpha value is -1.60. The van der Waals surface area contributed by atoms with Crippen LogP contribution < -0.4 is 5.32 Å². The largest absolute Gasteiger partial charge is 0.309 e. The van der Waals surface area contributed by atoms with E-state index in [-0.39, 0.29) is 0 Å². The summed E-state index contributed by atoms with van der Waals surface area (Å²) in [5.41, 5.74) is 5.83. The Labute approximate surface area is 122 Å². The van der Waals surface area contributed by atoms with Gasteiger partial charge in [0, 0.05) is 12.0 Å². The van der Waals surface area contributed by atoms with Crippen molar-refractivity contribution < 1.29 is 0 Å². The van der Waals surface area contributed by atoms with Gasteiger partial charge in [0.1, 0.15) is 0 Å². The highest BCUT2D eigenvalue weighted by atomic mass is 14.9. The zero-order chi connectivity index (χ0) is 13.9. The molecule has 2 atom stereocenters. The van der Waals surface area contributed by atoms with Crippen molar-refractivity contribution in [3.63, 3.8) is 0 Å². The zero-order valence-corrected chi connectivity index (χ0v) is 12.4. The molecule has 1 aliphatic rings. The minimum absolute atomic E-state index is 0.449. The second-order valence-electron chi connectivity index (χ2n) is 5.86. The molecular formula is C19H23N. The molecule has 0 amide bonds. The molecule has 0 saturated heterocycles. The molecule has 20 heavy (non-hydrogen) atoms. The van der Waals surface area contributed by atoms with Crippen LogP contribution in [0.2, 0.25) is 0 Å². The molecule has 2 aromatic rings. The molecule has 0 saturated carbocycles. The predicted molar refractivity (Wildman–Crippen MR) is 85.1 cm³/mol. The molecule has 0 heterocycles. The molecule has 0 radical (unpaired) electrons. The Morgan fingerprint density at radius 2 is 2.00 bits per heavy atom. The van der Waals surface area contributed by atoms with Crippen molar-refractivity contribution in [3.05, 3.63) is 70.8 Å². The fourth-order valence-corrected chi connectivity index (χ4v) is 3.25. The van der Waals surface area contributed by atoms with Crippen molar-refractivity contribution in [2.45, 2.75) is 38.6 Å². The average molecular weight is 265 g/mol. The molecule has 104 valence electrons. The van der Waals surface area contributed by atoms with E-state index in [1.807, 2.05) is 0 Å². The van der Waals surface area contributed by atoms with Gasteiger partial charge in [-0.2, -0.15) is 0 Å². The summed E-state index contributed by atoms with van der Waals surface area (Å²) in [5.74, 6) is 0.625. The smallest absolute Gasteiger partial charge is 0.0392 e. The van der Waals surface area contributed by atoms with Crippen LogP contribution in [0.4, 0.5) is 0 Å². The van der Waals surface area contributed by atoms with Gasteiger partial charge in [-0.25, -0.2) is 0 Å². The predicted octanol–water partition coefficient (Wildman–Crippen LogP) is 4.38. The van der Waals surface area contributed by atoms with Crippen LogP contribution in [-0.2, 0) is 6.42 Å². The monoisotopic (exact) mass is 265 g/mol. The normalized spacial score (nSPS) is 18.2. The molecule has 0 bridgehead atoms. The van der Waals surface area contributed by atoms with Gasteiger partial charge in [0.05, 0.1) is 0 Å². The molecule has 0 fully saturated rings. The molecule has 1 heteroatoms. The molecule has 0 spiro atoms. The molecule has 3 rings (SSSR count). The molecule has 2 aromatic carbocycles. The Morgan fingerprint density at radius 3 is 2.75 bits per heavy atom. The van der Waals surface area contributed by atoms with E-state index in [1.165, 1.54) is 35.1 Å². The quantitative estimate of drug-likeness (QED) is 0.846. The van der Waals surface area contributed by atoms with Crippen molar-refractivity contribution in [1.82, 2.24) is 5.32 Å². The number of fused-ring (bicyclic) bond motifs is 1. The van der Waals surface area contributed by atoms with Gasteiger partial charge in [0.15, 0.2) is 0 Å². The van der Waals surface area contributed by atoms with E-state index in [4.69, 9.17) is 0 Å². The summed E-state index contributed by atoms with van der Waals surface area (Å²) in [6.07, 6.45) is 2.38. The highest BCUT2D eigenvalue weighted by Crippen LogP contribution is 2.43. The fraction of sp³-hybridized carbons (Fsp3) is 0.368. The minimum atomic E-state index is 0.449. The second kappa shape index (κ2) is 5.80. The summed E-state index contributed by atoms with van der Waals surface area (Å²) < 4.78 is 0. The van der Waals surface area contributed by atoms with Crippen molar-refractivity contribution >= 4 is 0 Å². The van der Waals surface area contributed by atoms with Gasteiger partial charge in [-0.05, 0) is 43.0 Å². The maximum Gasteiger partial charge on any atom is 0.0392 e. The Kier molecular flexibility index (Phi) is 3.88. The first kappa shape index (κ1) is 13.4. The highest BCUT2D eigenvalue weighted by molar-refractivity contribution is 5.43. The lowest BCUT2D eigenvalue weighted by molar-refractivity contribution is 0.411. The van der Waals surface area contributed by atoms with Crippen molar-refractivity contribution in [3.8, 4) is 0 Å². The molecule has 0 aliphatic heterocycles. The van der Waals surface area contributed by atoms with Crippen LogP contribution in [0.15, 0.2) is 48.5 Å². The number of rotatable bonds is 5. The van der Waals surface area contributed by atoms with Gasteiger partial charge in [-0.15, -0.1) is 0 Å². The summed E-state index contributed by atoms with van der Waals surface area (Å²) in [5, 5.41) is 3.76. The summed E-state index contributed by atoms with van der Waals surface area (Å²) >= 11 is 0. The van der Waals surface area contributed by atoms with Gasteiger partial charge in [0.2, 0.25) is 0 Å². The van der Waals surface area contributed by atoms with Crippen molar-refractivity contribution in [2.75, 3.05) is 6.54 Å². The van der Waals surface area contributed by atoms with E-state index in [1.54, 1.807) is 0 Å². The second-order valence-corrected chi connectivity index (χ2v) is 5.86. The lowest BCUT2D eigenvalue weighted by atomic mass is 9.71. The number of nitrogens with one attached hydrogen (secondary N) is 1. The van der Waals surface area contributed by atoms with Crippen molar-refractivity contribution in [1.29, 1.82) is 0 Å². The number of hydrogen-bond donors (Lipinski definition) is 1. The van der Waals surface area contributed by atoms with Gasteiger partial charge in [-0.1, -0.05) is 61.0 Å². The maximum absolute atomic E-state index is 3.76. The van der Waals surface area contributed by atoms with Crippen LogP contribution in [0.1, 0.15) is 47.6 Å². The maximum atomic E-state index is 3.76. The van der Waals surface area contributed by atoms with E-state index < -0.39 is 0 Å². The van der Waals surface area contributed by atoms with Crippen LogP contribution >= 0.6 is 0 Å². The minimum Gasteiger partial charge on any atom is -0.309 e. The molecule has 2 unspecified atom stereocenters. The first-order valence-corrected chi connectivity index (χ1v) is 7.67. The number of hydrogen-bond acceptors (Lipinski definition) is 1. The van der Waals surface area contributed by atoms with Gasteiger partial charge in [0.25, 0.3) is 0 Å². The van der Waals surface area contributed by atoms with Crippen LogP contribution in [0.3, 0.4) is 0 Å². The van der Waals surface area contributed by atoms with E-state index in [2.05, 4.69) is 67.7 Å². The Balaban J connectivity index is 1.88. The average Bonchev–Trinajstić information content (AvgIpc) is 2.44. The standard InChI is InChI=1S/C19H23N/c1-3-11-20-19(16-9-6-7-14(2)12-16)18-13-15-8-4-5-10-17(15)18/h4-10,12,18-20H,3,11,13H2,1-2H3. The topological polar surface area (TPSA) is 12.0 Å². The highest BCUT2D eigenvalue weighted by Gasteiger charge is 2.33. The van der Waals surface area contributed by atoms with E-state index in [0.717, 1.165) is 6.54 Å². The van der Waals surface area contributed by atoms with Gasteiger partial charge < -0.3 is 5.32 Å². The zero-order valence-electron chi connectivity index (χ0n) is 12.4. The van der Waals surface area contributed by atoms with Crippen LogP contribution in [0.25, 0.3) is 0 Å². The lowest BCUT2D eigenvalue weighted by Crippen LogP contribution is -2.33. The molecule has 0 aromatic heterocycles. The van der Waals surface area contributed by atoms with Crippen LogP contribution in [-0.4, -0.2) is 6.54 Å². The fourth-order valence-electron chi connectivity index (χ4n) is 3.25. The third-order valence-corrected chi connectivity index (χ3v) is 4.31. The molecule has 1 N–H and O–H groups in total. The number of benzene rings is 2. The Morgan fingerprint density at radius 1 is 1.15 bits per heavy atom. The lowest BCUT2D eigenvalue weighted by Gasteiger charge is -2.37. The number of aryl methyl sites for hydroxylation is 1. The summed E-state index contributed by atoms with van der Waals surface area (Å²) in [6.45, 7) is 5.49. The first-order chi connectivity index (χ1) is 9.79. The first-order valence-electron chi connectivity index (χ1n) is 7.67. The van der Waals surface area contributed by atoms with Crippen LogP contribution in [0, 0.1) is 6.92 Å².